The third-order valence-electron chi connectivity index (χ3n) is 6.85. The predicted molar refractivity (Wildman–Crippen MR) is 126 cm³/mol. The van der Waals surface area contributed by atoms with E-state index in [0.29, 0.717) is 28.9 Å². The molecule has 1 unspecified atom stereocenters. The summed E-state index contributed by atoms with van der Waals surface area (Å²) in [6.45, 7) is 0. The van der Waals surface area contributed by atoms with E-state index in [9.17, 15) is 13.2 Å². The number of benzene rings is 3. The van der Waals surface area contributed by atoms with Crippen molar-refractivity contribution < 1.29 is 22.7 Å². The first-order valence-corrected chi connectivity index (χ1v) is 12.8. The van der Waals surface area contributed by atoms with E-state index in [4.69, 9.17) is 9.47 Å². The van der Waals surface area contributed by atoms with Crippen LogP contribution in [0, 0.1) is 0 Å². The SMILES string of the molecule is COc1cccc2c1C(C(=O)NS(=O)(=O)c1cccc3ccccc13)CC1(CCCCC1)O2. The van der Waals surface area contributed by atoms with Crippen LogP contribution in [0.1, 0.15) is 50.0 Å². The highest BCUT2D eigenvalue weighted by molar-refractivity contribution is 7.90. The number of carbonyl (C=O) groups is 1. The molecule has 1 fully saturated rings. The zero-order valence-electron chi connectivity index (χ0n) is 18.5. The Balaban J connectivity index is 1.53. The molecule has 0 bridgehead atoms. The molecule has 33 heavy (non-hydrogen) atoms. The van der Waals surface area contributed by atoms with Crippen LogP contribution in [-0.4, -0.2) is 27.0 Å². The zero-order valence-corrected chi connectivity index (χ0v) is 19.4. The number of sulfonamides is 1. The molecule has 7 heteroatoms. The molecule has 0 radical (unpaired) electrons. The standard InChI is InChI=1S/C26H27NO5S/c1-31-21-12-8-13-22-24(21)20(17-26(32-22)15-5-2-6-16-26)25(28)27-33(29,30)23-14-7-10-18-9-3-4-11-19(18)23/h3-4,7-14,20H,2,5-6,15-17H2,1H3,(H,27,28). The molecule has 3 aromatic carbocycles. The lowest BCUT2D eigenvalue weighted by molar-refractivity contribution is -0.123. The van der Waals surface area contributed by atoms with Crippen LogP contribution in [0.4, 0.5) is 0 Å². The summed E-state index contributed by atoms with van der Waals surface area (Å²) in [7, 11) is -2.54. The van der Waals surface area contributed by atoms with Crippen molar-refractivity contribution in [2.24, 2.45) is 0 Å². The lowest BCUT2D eigenvalue weighted by Crippen LogP contribution is -2.46. The molecule has 1 aliphatic carbocycles. The molecule has 1 atom stereocenters. The highest BCUT2D eigenvalue weighted by Crippen LogP contribution is 2.50. The van der Waals surface area contributed by atoms with Gasteiger partial charge in [0.2, 0.25) is 5.91 Å². The molecule has 6 nitrogen and oxygen atoms in total. The number of amides is 1. The molecular formula is C26H27NO5S. The smallest absolute Gasteiger partial charge is 0.264 e. The summed E-state index contributed by atoms with van der Waals surface area (Å²) < 4.78 is 41.0. The van der Waals surface area contributed by atoms with Crippen molar-refractivity contribution in [3.05, 3.63) is 66.2 Å². The van der Waals surface area contributed by atoms with E-state index >= 15 is 0 Å². The molecule has 1 aliphatic heterocycles. The number of methoxy groups -OCH3 is 1. The number of fused-ring (bicyclic) bond motifs is 2. The summed E-state index contributed by atoms with van der Waals surface area (Å²) in [5.74, 6) is -0.110. The maximum absolute atomic E-state index is 13.6. The largest absolute Gasteiger partial charge is 0.496 e. The van der Waals surface area contributed by atoms with Gasteiger partial charge in [-0.2, -0.15) is 0 Å². The minimum atomic E-state index is -4.08. The number of rotatable bonds is 4. The van der Waals surface area contributed by atoms with Gasteiger partial charge in [-0.15, -0.1) is 0 Å². The van der Waals surface area contributed by atoms with Crippen LogP contribution in [0.25, 0.3) is 10.8 Å². The predicted octanol–water partition coefficient (Wildman–Crippen LogP) is 4.92. The number of ether oxygens (including phenoxy) is 2. The maximum Gasteiger partial charge on any atom is 0.264 e. The molecule has 1 saturated carbocycles. The van der Waals surface area contributed by atoms with E-state index in [1.165, 1.54) is 6.07 Å². The first kappa shape index (κ1) is 21.8. The average molecular weight is 466 g/mol. The quantitative estimate of drug-likeness (QED) is 0.591. The van der Waals surface area contributed by atoms with E-state index in [1.54, 1.807) is 31.4 Å². The molecule has 1 spiro atoms. The first-order chi connectivity index (χ1) is 15.9. The Kier molecular flexibility index (Phi) is 5.52. The first-order valence-electron chi connectivity index (χ1n) is 11.3. The van der Waals surface area contributed by atoms with Gasteiger partial charge in [0, 0.05) is 17.4 Å². The van der Waals surface area contributed by atoms with Gasteiger partial charge in [-0.25, -0.2) is 13.1 Å². The van der Waals surface area contributed by atoms with E-state index in [0.717, 1.165) is 37.5 Å². The summed E-state index contributed by atoms with van der Waals surface area (Å²) in [5.41, 5.74) is 0.157. The average Bonchev–Trinajstić information content (AvgIpc) is 2.82. The van der Waals surface area contributed by atoms with E-state index in [1.807, 2.05) is 30.3 Å². The second-order valence-corrected chi connectivity index (χ2v) is 10.6. The molecule has 1 heterocycles. The van der Waals surface area contributed by atoms with Crippen molar-refractivity contribution in [3.63, 3.8) is 0 Å². The van der Waals surface area contributed by atoms with E-state index in [-0.39, 0.29) is 4.90 Å². The molecule has 2 aliphatic rings. The fourth-order valence-electron chi connectivity index (χ4n) is 5.30. The summed E-state index contributed by atoms with van der Waals surface area (Å²) in [4.78, 5) is 13.7. The van der Waals surface area contributed by atoms with Crippen molar-refractivity contribution in [2.45, 2.75) is 54.9 Å². The molecular weight excluding hydrogens is 438 g/mol. The summed E-state index contributed by atoms with van der Waals surface area (Å²) >= 11 is 0. The van der Waals surface area contributed by atoms with Crippen LogP contribution in [0.15, 0.2) is 65.6 Å². The summed E-state index contributed by atoms with van der Waals surface area (Å²) in [5, 5.41) is 1.38. The molecule has 0 saturated heterocycles. The van der Waals surface area contributed by atoms with E-state index < -0.39 is 27.4 Å². The summed E-state index contributed by atoms with van der Waals surface area (Å²) in [6.07, 6.45) is 5.33. The van der Waals surface area contributed by atoms with Gasteiger partial charge in [-0.1, -0.05) is 48.9 Å². The Morgan fingerprint density at radius 3 is 2.52 bits per heavy atom. The summed E-state index contributed by atoms with van der Waals surface area (Å²) in [6, 6.07) is 17.8. The third kappa shape index (κ3) is 3.95. The van der Waals surface area contributed by atoms with Gasteiger partial charge < -0.3 is 9.47 Å². The maximum atomic E-state index is 13.6. The van der Waals surface area contributed by atoms with Crippen LogP contribution >= 0.6 is 0 Å². The Hall–Kier alpha value is -3.06. The topological polar surface area (TPSA) is 81.7 Å². The van der Waals surface area contributed by atoms with Gasteiger partial charge in [0.05, 0.1) is 17.9 Å². The van der Waals surface area contributed by atoms with Crippen LogP contribution in [0.3, 0.4) is 0 Å². The van der Waals surface area contributed by atoms with Gasteiger partial charge in [-0.05, 0) is 49.3 Å². The second kappa shape index (κ2) is 8.37. The second-order valence-electron chi connectivity index (χ2n) is 8.92. The van der Waals surface area contributed by atoms with Gasteiger partial charge >= 0.3 is 0 Å². The Bertz CT molecular complexity index is 1310. The molecule has 0 aromatic heterocycles. The van der Waals surface area contributed by atoms with E-state index in [2.05, 4.69) is 4.72 Å². The molecule has 1 N–H and O–H groups in total. The third-order valence-corrected chi connectivity index (χ3v) is 8.26. The van der Waals surface area contributed by atoms with Gasteiger partial charge in [0.15, 0.2) is 0 Å². The van der Waals surface area contributed by atoms with Crippen molar-refractivity contribution in [1.82, 2.24) is 4.72 Å². The molecule has 5 rings (SSSR count). The van der Waals surface area contributed by atoms with Gasteiger partial charge in [0.25, 0.3) is 10.0 Å². The van der Waals surface area contributed by atoms with Crippen molar-refractivity contribution in [2.75, 3.05) is 7.11 Å². The number of hydrogen-bond acceptors (Lipinski definition) is 5. The lowest BCUT2D eigenvalue weighted by atomic mass is 9.74. The zero-order chi connectivity index (χ0) is 23.1. The van der Waals surface area contributed by atoms with Gasteiger partial charge in [-0.3, -0.25) is 4.79 Å². The van der Waals surface area contributed by atoms with Crippen molar-refractivity contribution in [3.8, 4) is 11.5 Å². The van der Waals surface area contributed by atoms with Crippen molar-refractivity contribution in [1.29, 1.82) is 0 Å². The fourth-order valence-corrected chi connectivity index (χ4v) is 6.55. The monoisotopic (exact) mass is 465 g/mol. The van der Waals surface area contributed by atoms with Crippen molar-refractivity contribution >= 4 is 26.7 Å². The van der Waals surface area contributed by atoms with Crippen LogP contribution in [-0.2, 0) is 14.8 Å². The lowest BCUT2D eigenvalue weighted by Gasteiger charge is -2.44. The Morgan fingerprint density at radius 1 is 1.00 bits per heavy atom. The van der Waals surface area contributed by atoms with Crippen LogP contribution < -0.4 is 14.2 Å². The number of carbonyl (C=O) groups excluding carboxylic acids is 1. The number of nitrogens with one attached hydrogen (secondary N) is 1. The number of hydrogen-bond donors (Lipinski definition) is 1. The van der Waals surface area contributed by atoms with Gasteiger partial charge in [0.1, 0.15) is 17.1 Å². The van der Waals surface area contributed by atoms with Crippen LogP contribution in [0.5, 0.6) is 11.5 Å². The normalized spacial score (nSPS) is 19.5. The molecule has 3 aromatic rings. The molecule has 172 valence electrons. The minimum absolute atomic E-state index is 0.0913. The Labute approximate surface area is 194 Å². The fraction of sp³-hybridized carbons (Fsp3) is 0.346. The minimum Gasteiger partial charge on any atom is -0.496 e. The van der Waals surface area contributed by atoms with Crippen LogP contribution in [0.2, 0.25) is 0 Å². The molecule has 1 amide bonds. The highest BCUT2D eigenvalue weighted by atomic mass is 32.2. The Morgan fingerprint density at radius 2 is 1.73 bits per heavy atom. The highest BCUT2D eigenvalue weighted by Gasteiger charge is 2.46.